The van der Waals surface area contributed by atoms with Crippen molar-refractivity contribution in [1.82, 2.24) is 24.2 Å². The van der Waals surface area contributed by atoms with Crippen LogP contribution in [0.15, 0.2) is 88.8 Å². The van der Waals surface area contributed by atoms with E-state index in [1.807, 2.05) is 6.07 Å². The van der Waals surface area contributed by atoms with Gasteiger partial charge in [0.1, 0.15) is 4.90 Å². The van der Waals surface area contributed by atoms with E-state index in [-0.39, 0.29) is 22.1 Å². The monoisotopic (exact) mass is 514 g/mol. The highest BCUT2D eigenvalue weighted by atomic mass is 32.2. The molecule has 37 heavy (non-hydrogen) atoms. The van der Waals surface area contributed by atoms with Crippen molar-refractivity contribution >= 4 is 26.9 Å². The number of nitrogen functional groups attached to an aromatic ring is 1. The van der Waals surface area contributed by atoms with Crippen molar-refractivity contribution in [1.29, 1.82) is 0 Å². The van der Waals surface area contributed by atoms with Gasteiger partial charge in [0.25, 0.3) is 5.56 Å². The highest BCUT2D eigenvalue weighted by Gasteiger charge is 2.21. The Balaban J connectivity index is 1.68. The van der Waals surface area contributed by atoms with E-state index in [0.717, 1.165) is 0 Å². The van der Waals surface area contributed by atoms with Crippen molar-refractivity contribution in [3.8, 4) is 34.0 Å². The lowest BCUT2D eigenvalue weighted by molar-refractivity contribution is 0.398. The fourth-order valence-corrected chi connectivity index (χ4v) is 4.91. The summed E-state index contributed by atoms with van der Waals surface area (Å²) in [5, 5.41) is 0.331. The Morgan fingerprint density at radius 3 is 2.32 bits per heavy atom. The molecule has 5 aromatic rings. The number of aromatic nitrogens is 4. The maximum atomic E-state index is 13.4. The summed E-state index contributed by atoms with van der Waals surface area (Å²) < 4.78 is 34.6. The first-order valence-electron chi connectivity index (χ1n) is 11.1. The van der Waals surface area contributed by atoms with Gasteiger partial charge in [-0.2, -0.15) is 0 Å². The Kier molecular flexibility index (Phi) is 6.15. The molecule has 0 atom stereocenters. The first-order valence-corrected chi connectivity index (χ1v) is 12.6. The van der Waals surface area contributed by atoms with E-state index in [4.69, 9.17) is 10.5 Å². The van der Waals surface area contributed by atoms with Crippen LogP contribution in [0.5, 0.6) is 5.88 Å². The lowest BCUT2D eigenvalue weighted by atomic mass is 10.0. The number of fused-ring (bicyclic) bond motifs is 1. The van der Waals surface area contributed by atoms with Crippen LogP contribution in [0.25, 0.3) is 39.0 Å². The molecule has 2 aromatic carbocycles. The molecule has 0 aliphatic rings. The number of nitrogens with zero attached hydrogens (tertiary/aromatic N) is 4. The molecule has 0 unspecified atom stereocenters. The van der Waals surface area contributed by atoms with Crippen molar-refractivity contribution < 1.29 is 13.2 Å². The number of rotatable bonds is 6. The molecule has 0 amide bonds. The summed E-state index contributed by atoms with van der Waals surface area (Å²) in [6, 6.07) is 18.9. The van der Waals surface area contributed by atoms with E-state index in [0.29, 0.717) is 39.2 Å². The molecule has 0 saturated carbocycles. The van der Waals surface area contributed by atoms with E-state index < -0.39 is 10.0 Å². The normalized spacial score (nSPS) is 11.5. The number of methoxy groups -OCH3 is 1. The summed E-state index contributed by atoms with van der Waals surface area (Å²) in [5.74, 6) is 0.461. The fraction of sp³-hybridized carbons (Fsp3) is 0.0769. The molecule has 0 bridgehead atoms. The molecular weight excluding hydrogens is 492 g/mol. The third-order valence-corrected chi connectivity index (χ3v) is 7.30. The van der Waals surface area contributed by atoms with Gasteiger partial charge in [-0.05, 0) is 49.0 Å². The van der Waals surface area contributed by atoms with E-state index in [2.05, 4.69) is 19.7 Å². The molecule has 0 radical (unpaired) electrons. The minimum absolute atomic E-state index is 0.0308. The molecular formula is C26H22N6O4S. The zero-order valence-corrected chi connectivity index (χ0v) is 20.7. The van der Waals surface area contributed by atoms with Gasteiger partial charge < -0.3 is 10.5 Å². The van der Waals surface area contributed by atoms with Crippen LogP contribution >= 0.6 is 0 Å². The van der Waals surface area contributed by atoms with Gasteiger partial charge in [-0.15, -0.1) is 0 Å². The number of hydrogen-bond donors (Lipinski definition) is 2. The number of ether oxygens (including phenoxy) is 1. The molecule has 0 saturated heterocycles. The quantitative estimate of drug-likeness (QED) is 0.352. The summed E-state index contributed by atoms with van der Waals surface area (Å²) in [6.45, 7) is 0. The fourth-order valence-electron chi connectivity index (χ4n) is 3.98. The lowest BCUT2D eigenvalue weighted by Crippen LogP contribution is -2.23. The number of nitrogens with one attached hydrogen (secondary N) is 1. The smallest absolute Gasteiger partial charge is 0.267 e. The molecule has 0 spiro atoms. The third-order valence-electron chi connectivity index (χ3n) is 5.87. The summed E-state index contributed by atoms with van der Waals surface area (Å²) in [5.41, 5.74) is 8.60. The first-order chi connectivity index (χ1) is 17.8. The van der Waals surface area contributed by atoms with E-state index in [9.17, 15) is 13.2 Å². The Morgan fingerprint density at radius 2 is 1.65 bits per heavy atom. The molecule has 11 heteroatoms. The Hall–Kier alpha value is -4.61. The third kappa shape index (κ3) is 4.41. The maximum absolute atomic E-state index is 13.4. The standard InChI is InChI=1S/C26H22N6O4S/c1-28-37(34,35)22-13-18(15-30-24(22)17-9-11-23(36-2)29-14-17)16-8-10-21-20(12-16)25(33)32(26(27)31-21)19-6-4-3-5-7-19/h3-15,28H,1-2H3,(H2,27,31). The average Bonchev–Trinajstić information content (AvgIpc) is 2.93. The molecule has 0 aliphatic heterocycles. The van der Waals surface area contributed by atoms with Gasteiger partial charge in [-0.1, -0.05) is 24.3 Å². The molecule has 186 valence electrons. The van der Waals surface area contributed by atoms with Crippen LogP contribution in [0.4, 0.5) is 5.95 Å². The molecule has 0 fully saturated rings. The van der Waals surface area contributed by atoms with Crippen LogP contribution in [0.1, 0.15) is 0 Å². The van der Waals surface area contributed by atoms with Crippen LogP contribution in [-0.4, -0.2) is 42.1 Å². The van der Waals surface area contributed by atoms with Gasteiger partial charge in [0, 0.05) is 29.6 Å². The number of sulfonamides is 1. The van der Waals surface area contributed by atoms with Gasteiger partial charge in [0.15, 0.2) is 0 Å². The van der Waals surface area contributed by atoms with Gasteiger partial charge >= 0.3 is 0 Å². The minimum Gasteiger partial charge on any atom is -0.481 e. The van der Waals surface area contributed by atoms with Crippen LogP contribution in [0.2, 0.25) is 0 Å². The Bertz CT molecular complexity index is 1790. The highest BCUT2D eigenvalue weighted by molar-refractivity contribution is 7.89. The number of para-hydroxylation sites is 1. The second-order valence-electron chi connectivity index (χ2n) is 8.05. The van der Waals surface area contributed by atoms with Gasteiger partial charge in [-0.3, -0.25) is 9.78 Å². The predicted octanol–water partition coefficient (Wildman–Crippen LogP) is 3.01. The van der Waals surface area contributed by atoms with Crippen LogP contribution in [-0.2, 0) is 10.0 Å². The van der Waals surface area contributed by atoms with Gasteiger partial charge in [0.05, 0.1) is 29.4 Å². The van der Waals surface area contributed by atoms with Crippen LogP contribution in [0.3, 0.4) is 0 Å². The molecule has 3 heterocycles. The van der Waals surface area contributed by atoms with Crippen molar-refractivity contribution in [2.24, 2.45) is 0 Å². The zero-order valence-electron chi connectivity index (χ0n) is 19.9. The van der Waals surface area contributed by atoms with E-state index >= 15 is 0 Å². The minimum atomic E-state index is -3.89. The number of pyridine rings is 2. The summed E-state index contributed by atoms with van der Waals surface area (Å²) in [6.07, 6.45) is 3.05. The molecule has 3 N–H and O–H groups in total. The predicted molar refractivity (Wildman–Crippen MR) is 141 cm³/mol. The number of benzene rings is 2. The molecule has 5 rings (SSSR count). The summed E-state index contributed by atoms with van der Waals surface area (Å²) in [4.78, 5) is 26.4. The lowest BCUT2D eigenvalue weighted by Gasteiger charge is -2.13. The Morgan fingerprint density at radius 1 is 0.919 bits per heavy atom. The topological polar surface area (TPSA) is 142 Å². The van der Waals surface area contributed by atoms with Gasteiger partial charge in [0.2, 0.25) is 21.9 Å². The average molecular weight is 515 g/mol. The largest absolute Gasteiger partial charge is 0.481 e. The van der Waals surface area contributed by atoms with E-state index in [1.54, 1.807) is 60.8 Å². The maximum Gasteiger partial charge on any atom is 0.267 e. The summed E-state index contributed by atoms with van der Waals surface area (Å²) in [7, 11) is -1.06. The van der Waals surface area contributed by atoms with Gasteiger partial charge in [-0.25, -0.2) is 27.7 Å². The molecule has 10 nitrogen and oxygen atoms in total. The van der Waals surface area contributed by atoms with Crippen LogP contribution in [0, 0.1) is 0 Å². The van der Waals surface area contributed by atoms with Crippen molar-refractivity contribution in [3.63, 3.8) is 0 Å². The van der Waals surface area contributed by atoms with Crippen LogP contribution < -0.4 is 20.8 Å². The SMILES string of the molecule is CNS(=O)(=O)c1cc(-c2ccc3nc(N)n(-c4ccccc4)c(=O)c3c2)cnc1-c1ccc(OC)nc1. The molecule has 3 aromatic heterocycles. The zero-order chi connectivity index (χ0) is 26.2. The second kappa shape index (κ2) is 9.45. The van der Waals surface area contributed by atoms with E-state index in [1.165, 1.54) is 31.0 Å². The second-order valence-corrected chi connectivity index (χ2v) is 9.90. The number of nitrogens with two attached hydrogens (primary N) is 1. The Labute approximate surface area is 212 Å². The number of anilines is 1. The number of hydrogen-bond acceptors (Lipinski definition) is 8. The highest BCUT2D eigenvalue weighted by Crippen LogP contribution is 2.31. The van der Waals surface area contributed by atoms with Crippen molar-refractivity contribution in [2.45, 2.75) is 4.90 Å². The molecule has 0 aliphatic carbocycles. The van der Waals surface area contributed by atoms with Crippen molar-refractivity contribution in [2.75, 3.05) is 19.9 Å². The van der Waals surface area contributed by atoms with Crippen molar-refractivity contribution in [3.05, 3.63) is 89.5 Å². The summed E-state index contributed by atoms with van der Waals surface area (Å²) >= 11 is 0. The first kappa shape index (κ1) is 24.1.